The van der Waals surface area contributed by atoms with E-state index in [1.54, 1.807) is 24.5 Å². The van der Waals surface area contributed by atoms with Crippen molar-refractivity contribution < 1.29 is 14.3 Å². The molecular weight excluding hydrogens is 314 g/mol. The van der Waals surface area contributed by atoms with E-state index < -0.39 is 0 Å². The second-order valence-electron chi connectivity index (χ2n) is 5.38. The normalized spacial score (nSPS) is 10.1. The molecule has 0 aliphatic rings. The van der Waals surface area contributed by atoms with Crippen LogP contribution in [0.2, 0.25) is 0 Å². The molecule has 1 N–H and O–H groups in total. The molecule has 3 aromatic carbocycles. The van der Waals surface area contributed by atoms with Crippen molar-refractivity contribution in [3.63, 3.8) is 0 Å². The van der Waals surface area contributed by atoms with Gasteiger partial charge in [-0.2, -0.15) is 0 Å². The van der Waals surface area contributed by atoms with Crippen molar-refractivity contribution in [1.82, 2.24) is 0 Å². The molecule has 0 spiro atoms. The SMILES string of the molecule is COc1cc([C]=O)ccc1NC(=O)c1ccccc1-c1ccccc1. The predicted molar refractivity (Wildman–Crippen MR) is 97.6 cm³/mol. The van der Waals surface area contributed by atoms with Gasteiger partial charge >= 0.3 is 0 Å². The maximum atomic E-state index is 12.8. The van der Waals surface area contributed by atoms with Gasteiger partial charge in [0.05, 0.1) is 12.8 Å². The van der Waals surface area contributed by atoms with Gasteiger partial charge in [-0.3, -0.25) is 9.59 Å². The highest BCUT2D eigenvalue weighted by molar-refractivity contribution is 6.09. The predicted octanol–water partition coefficient (Wildman–Crippen LogP) is 4.07. The number of nitrogens with one attached hydrogen (secondary N) is 1. The molecule has 4 heteroatoms. The second-order valence-corrected chi connectivity index (χ2v) is 5.38. The van der Waals surface area contributed by atoms with Crippen LogP contribution in [0.1, 0.15) is 15.9 Å². The molecule has 0 atom stereocenters. The molecule has 0 saturated carbocycles. The molecule has 0 bridgehead atoms. The molecule has 4 nitrogen and oxygen atoms in total. The summed E-state index contributed by atoms with van der Waals surface area (Å²) in [6.45, 7) is 0. The average Bonchev–Trinajstić information content (AvgIpc) is 2.69. The topological polar surface area (TPSA) is 55.4 Å². The van der Waals surface area contributed by atoms with Gasteiger partial charge in [0.15, 0.2) is 0 Å². The minimum atomic E-state index is -0.249. The third kappa shape index (κ3) is 3.58. The number of carbonyl (C=O) groups excluding carboxylic acids is 2. The van der Waals surface area contributed by atoms with Crippen molar-refractivity contribution in [2.45, 2.75) is 0 Å². The summed E-state index contributed by atoms with van der Waals surface area (Å²) in [6, 6.07) is 21.9. The zero-order valence-electron chi connectivity index (χ0n) is 13.7. The van der Waals surface area contributed by atoms with Crippen LogP contribution < -0.4 is 10.1 Å². The Morgan fingerprint density at radius 1 is 0.960 bits per heavy atom. The first-order chi connectivity index (χ1) is 12.2. The Hall–Kier alpha value is -3.40. The van der Waals surface area contributed by atoms with Gasteiger partial charge in [0, 0.05) is 11.1 Å². The van der Waals surface area contributed by atoms with Crippen LogP contribution in [0.5, 0.6) is 5.75 Å². The minimum Gasteiger partial charge on any atom is -0.495 e. The molecule has 0 fully saturated rings. The molecule has 0 unspecified atom stereocenters. The molecule has 0 aliphatic carbocycles. The zero-order chi connectivity index (χ0) is 17.6. The molecule has 123 valence electrons. The van der Waals surface area contributed by atoms with Crippen LogP contribution >= 0.6 is 0 Å². The van der Waals surface area contributed by atoms with Crippen LogP contribution in [0.4, 0.5) is 5.69 Å². The van der Waals surface area contributed by atoms with E-state index >= 15 is 0 Å². The van der Waals surface area contributed by atoms with E-state index in [1.165, 1.54) is 13.2 Å². The van der Waals surface area contributed by atoms with Crippen LogP contribution in [0, 0.1) is 0 Å². The second kappa shape index (κ2) is 7.45. The van der Waals surface area contributed by atoms with Crippen LogP contribution in [-0.2, 0) is 4.79 Å². The molecular formula is C21H16NO3. The van der Waals surface area contributed by atoms with E-state index in [9.17, 15) is 9.59 Å². The number of hydrogen-bond donors (Lipinski definition) is 1. The maximum absolute atomic E-state index is 12.8. The fraction of sp³-hybridized carbons (Fsp3) is 0.0476. The number of benzene rings is 3. The number of anilines is 1. The largest absolute Gasteiger partial charge is 0.495 e. The van der Waals surface area contributed by atoms with Gasteiger partial charge in [0.2, 0.25) is 6.29 Å². The first kappa shape index (κ1) is 16.5. The molecule has 3 aromatic rings. The van der Waals surface area contributed by atoms with Crippen molar-refractivity contribution in [3.8, 4) is 16.9 Å². The number of carbonyl (C=O) groups is 1. The molecule has 0 aliphatic heterocycles. The van der Waals surface area contributed by atoms with E-state index in [0.717, 1.165) is 11.1 Å². The van der Waals surface area contributed by atoms with Crippen molar-refractivity contribution >= 4 is 17.9 Å². The zero-order valence-corrected chi connectivity index (χ0v) is 13.7. The molecule has 1 amide bonds. The average molecular weight is 330 g/mol. The smallest absolute Gasteiger partial charge is 0.256 e. The molecule has 0 heterocycles. The van der Waals surface area contributed by atoms with Crippen molar-refractivity contribution in [2.75, 3.05) is 12.4 Å². The Balaban J connectivity index is 1.94. The van der Waals surface area contributed by atoms with Crippen LogP contribution in [-0.4, -0.2) is 19.3 Å². The molecule has 3 rings (SSSR count). The summed E-state index contributed by atoms with van der Waals surface area (Å²) in [4.78, 5) is 23.6. The van der Waals surface area contributed by atoms with E-state index in [1.807, 2.05) is 48.5 Å². The van der Waals surface area contributed by atoms with E-state index in [0.29, 0.717) is 22.6 Å². The number of rotatable bonds is 5. The highest BCUT2D eigenvalue weighted by Crippen LogP contribution is 2.28. The fourth-order valence-corrected chi connectivity index (χ4v) is 2.60. The van der Waals surface area contributed by atoms with Gasteiger partial charge in [0.25, 0.3) is 5.91 Å². The summed E-state index contributed by atoms with van der Waals surface area (Å²) in [6.07, 6.45) is 1.80. The number of methoxy groups -OCH3 is 1. The van der Waals surface area contributed by atoms with E-state index in [-0.39, 0.29) is 5.91 Å². The van der Waals surface area contributed by atoms with Gasteiger partial charge in [-0.25, -0.2) is 0 Å². The number of hydrogen-bond acceptors (Lipinski definition) is 3. The molecule has 1 radical (unpaired) electrons. The molecule has 25 heavy (non-hydrogen) atoms. The summed E-state index contributed by atoms with van der Waals surface area (Å²) in [7, 11) is 1.48. The minimum absolute atomic E-state index is 0.249. The van der Waals surface area contributed by atoms with Crippen molar-refractivity contribution in [2.24, 2.45) is 0 Å². The van der Waals surface area contributed by atoms with Gasteiger partial charge in [-0.1, -0.05) is 48.5 Å². The Morgan fingerprint density at radius 2 is 1.68 bits per heavy atom. The van der Waals surface area contributed by atoms with Crippen LogP contribution in [0.15, 0.2) is 72.8 Å². The van der Waals surface area contributed by atoms with E-state index in [4.69, 9.17) is 4.74 Å². The summed E-state index contributed by atoms with van der Waals surface area (Å²) >= 11 is 0. The van der Waals surface area contributed by atoms with Gasteiger partial charge < -0.3 is 10.1 Å². The lowest BCUT2D eigenvalue weighted by molar-refractivity contribution is 0.102. The quantitative estimate of drug-likeness (QED) is 0.767. The maximum Gasteiger partial charge on any atom is 0.256 e. The Morgan fingerprint density at radius 3 is 2.40 bits per heavy atom. The Bertz CT molecular complexity index is 904. The molecule has 0 aromatic heterocycles. The first-order valence-electron chi connectivity index (χ1n) is 7.75. The van der Waals surface area contributed by atoms with Gasteiger partial charge in [-0.05, 0) is 35.4 Å². The number of amides is 1. The standard InChI is InChI=1S/C21H16NO3/c1-25-20-13-15(14-23)11-12-19(20)22-21(24)18-10-6-5-9-17(18)16-7-3-2-4-8-16/h2-13H,1H3,(H,22,24). The highest BCUT2D eigenvalue weighted by Gasteiger charge is 2.14. The third-order valence-electron chi connectivity index (χ3n) is 3.82. The lowest BCUT2D eigenvalue weighted by Crippen LogP contribution is -2.14. The van der Waals surface area contributed by atoms with Crippen LogP contribution in [0.3, 0.4) is 0 Å². The van der Waals surface area contributed by atoms with Gasteiger partial charge in [-0.15, -0.1) is 0 Å². The Kier molecular flexibility index (Phi) is 4.90. The number of ether oxygens (including phenoxy) is 1. The fourth-order valence-electron chi connectivity index (χ4n) is 2.60. The van der Waals surface area contributed by atoms with Gasteiger partial charge in [0.1, 0.15) is 5.75 Å². The Labute approximate surface area is 146 Å². The summed E-state index contributed by atoms with van der Waals surface area (Å²) in [5.41, 5.74) is 3.22. The highest BCUT2D eigenvalue weighted by atomic mass is 16.5. The third-order valence-corrected chi connectivity index (χ3v) is 3.82. The lowest BCUT2D eigenvalue weighted by atomic mass is 9.99. The molecule has 0 saturated heterocycles. The van der Waals surface area contributed by atoms with Crippen molar-refractivity contribution in [3.05, 3.63) is 83.9 Å². The van der Waals surface area contributed by atoms with E-state index in [2.05, 4.69) is 5.32 Å². The lowest BCUT2D eigenvalue weighted by Gasteiger charge is -2.13. The summed E-state index contributed by atoms with van der Waals surface area (Å²) < 4.78 is 5.25. The summed E-state index contributed by atoms with van der Waals surface area (Å²) in [5.74, 6) is 0.159. The monoisotopic (exact) mass is 330 g/mol. The van der Waals surface area contributed by atoms with Crippen LogP contribution in [0.25, 0.3) is 11.1 Å². The first-order valence-corrected chi connectivity index (χ1v) is 7.75. The van der Waals surface area contributed by atoms with Crippen molar-refractivity contribution in [1.29, 1.82) is 0 Å². The summed E-state index contributed by atoms with van der Waals surface area (Å²) in [5, 5.41) is 2.85.